The van der Waals surface area contributed by atoms with E-state index in [9.17, 15) is 14.9 Å². The number of hydrogen-bond donors (Lipinski definition) is 2. The van der Waals surface area contributed by atoms with E-state index in [4.69, 9.17) is 15.2 Å². The zero-order valence-corrected chi connectivity index (χ0v) is 15.1. The van der Waals surface area contributed by atoms with Gasteiger partial charge >= 0.3 is 0 Å². The summed E-state index contributed by atoms with van der Waals surface area (Å²) in [6, 6.07) is 9.72. The summed E-state index contributed by atoms with van der Waals surface area (Å²) in [6.45, 7) is 1.78. The van der Waals surface area contributed by atoms with Gasteiger partial charge in [0.05, 0.1) is 12.0 Å². The van der Waals surface area contributed by atoms with Crippen molar-refractivity contribution in [3.63, 3.8) is 0 Å². The van der Waals surface area contributed by atoms with Crippen LogP contribution >= 0.6 is 0 Å². The number of nitrogens with one attached hydrogen (secondary N) is 1. The number of hydrogen-bond acceptors (Lipinski definition) is 7. The van der Waals surface area contributed by atoms with E-state index in [1.807, 2.05) is 0 Å². The number of carbonyl (C=O) groups excluding carboxylic acids is 1. The smallest absolute Gasteiger partial charge is 0.272 e. The van der Waals surface area contributed by atoms with Crippen molar-refractivity contribution in [3.8, 4) is 22.8 Å². The molecule has 3 N–H and O–H groups in total. The maximum Gasteiger partial charge on any atom is 0.272 e. The van der Waals surface area contributed by atoms with Crippen LogP contribution in [-0.2, 0) is 6.61 Å². The van der Waals surface area contributed by atoms with Crippen LogP contribution in [-0.4, -0.2) is 33.4 Å². The lowest BCUT2D eigenvalue weighted by molar-refractivity contribution is -0.385. The number of aromatic nitrogens is 3. The number of aryl methyl sites for hydroxylation is 1. The van der Waals surface area contributed by atoms with Gasteiger partial charge < -0.3 is 15.2 Å². The summed E-state index contributed by atoms with van der Waals surface area (Å²) in [6.07, 6.45) is 0. The Kier molecular flexibility index (Phi) is 5.21. The molecule has 0 saturated carbocycles. The zero-order chi connectivity index (χ0) is 20.3. The molecule has 0 atom stereocenters. The summed E-state index contributed by atoms with van der Waals surface area (Å²) in [5.74, 6) is 0.361. The van der Waals surface area contributed by atoms with Gasteiger partial charge in [0, 0.05) is 22.8 Å². The molecule has 3 rings (SSSR count). The van der Waals surface area contributed by atoms with Gasteiger partial charge in [0.1, 0.15) is 23.8 Å². The van der Waals surface area contributed by atoms with Crippen molar-refractivity contribution in [3.05, 3.63) is 63.3 Å². The van der Waals surface area contributed by atoms with Crippen LogP contribution in [0.1, 0.15) is 21.6 Å². The zero-order valence-electron chi connectivity index (χ0n) is 15.1. The molecule has 0 aliphatic heterocycles. The molecule has 28 heavy (non-hydrogen) atoms. The third kappa shape index (κ3) is 3.75. The molecule has 0 aliphatic rings. The molecule has 0 saturated heterocycles. The van der Waals surface area contributed by atoms with E-state index in [2.05, 4.69) is 15.4 Å². The maximum absolute atomic E-state index is 11.5. The highest BCUT2D eigenvalue weighted by atomic mass is 16.6. The first-order chi connectivity index (χ1) is 13.4. The van der Waals surface area contributed by atoms with Gasteiger partial charge in [-0.25, -0.2) is 0 Å². The number of ether oxygens (including phenoxy) is 2. The summed E-state index contributed by atoms with van der Waals surface area (Å²) < 4.78 is 11.1. The van der Waals surface area contributed by atoms with Crippen LogP contribution < -0.4 is 15.2 Å². The molecule has 3 aromatic rings. The lowest BCUT2D eigenvalue weighted by atomic mass is 10.1. The van der Waals surface area contributed by atoms with Gasteiger partial charge in [-0.1, -0.05) is 0 Å². The van der Waals surface area contributed by atoms with Gasteiger partial charge in [0.2, 0.25) is 0 Å². The van der Waals surface area contributed by atoms with Gasteiger partial charge in [-0.15, -0.1) is 0 Å². The van der Waals surface area contributed by atoms with E-state index in [1.165, 1.54) is 19.2 Å². The van der Waals surface area contributed by atoms with Crippen molar-refractivity contribution in [1.29, 1.82) is 0 Å². The summed E-state index contributed by atoms with van der Waals surface area (Å²) in [5, 5.41) is 21.0. The largest absolute Gasteiger partial charge is 0.496 e. The molecule has 0 fully saturated rings. The van der Waals surface area contributed by atoms with E-state index >= 15 is 0 Å². The van der Waals surface area contributed by atoms with E-state index in [1.54, 1.807) is 31.2 Å². The second-order valence-corrected chi connectivity index (χ2v) is 5.91. The standard InChI is InChI=1S/C18H17N5O5/c1-10-7-13(4-5-14(10)23(25)26)28-9-12-8-11(3-6-15(12)27-2)16-17(18(19)24)21-22-20-16/h3-8H,9H2,1-2H3,(H2,19,24)(H,20,21,22). The number of benzene rings is 2. The van der Waals surface area contributed by atoms with Crippen LogP contribution in [0.4, 0.5) is 5.69 Å². The Labute approximate surface area is 159 Å². The monoisotopic (exact) mass is 383 g/mol. The summed E-state index contributed by atoms with van der Waals surface area (Å²) in [4.78, 5) is 22.0. The number of methoxy groups -OCH3 is 1. The van der Waals surface area contributed by atoms with Crippen molar-refractivity contribution in [2.75, 3.05) is 7.11 Å². The Morgan fingerprint density at radius 3 is 2.68 bits per heavy atom. The summed E-state index contributed by atoms with van der Waals surface area (Å²) in [5.41, 5.74) is 7.49. The van der Waals surface area contributed by atoms with Gasteiger partial charge in [-0.2, -0.15) is 15.4 Å². The van der Waals surface area contributed by atoms with Crippen LogP contribution in [0.15, 0.2) is 36.4 Å². The van der Waals surface area contributed by atoms with Crippen LogP contribution in [0.5, 0.6) is 11.5 Å². The fraction of sp³-hybridized carbons (Fsp3) is 0.167. The minimum Gasteiger partial charge on any atom is -0.496 e. The average molecular weight is 383 g/mol. The Bertz CT molecular complexity index is 1050. The van der Waals surface area contributed by atoms with Gasteiger partial charge in [-0.05, 0) is 37.3 Å². The number of rotatable bonds is 7. The van der Waals surface area contributed by atoms with Crippen molar-refractivity contribution >= 4 is 11.6 Å². The SMILES string of the molecule is COc1ccc(-c2n[nH]nc2C(N)=O)cc1COc1ccc([N+](=O)[O-])c(C)c1. The van der Waals surface area contributed by atoms with Gasteiger partial charge in [0.15, 0.2) is 5.69 Å². The molecule has 0 unspecified atom stereocenters. The highest BCUT2D eigenvalue weighted by molar-refractivity contribution is 5.96. The number of amides is 1. The third-order valence-electron chi connectivity index (χ3n) is 4.09. The minimum atomic E-state index is -0.696. The number of primary amides is 1. The molecule has 2 aromatic carbocycles. The van der Waals surface area contributed by atoms with Gasteiger partial charge in [-0.3, -0.25) is 14.9 Å². The topological polar surface area (TPSA) is 146 Å². The molecule has 0 spiro atoms. The van der Waals surface area contributed by atoms with Crippen molar-refractivity contribution in [2.24, 2.45) is 5.73 Å². The summed E-state index contributed by atoms with van der Waals surface area (Å²) >= 11 is 0. The molecule has 10 heteroatoms. The lowest BCUT2D eigenvalue weighted by Crippen LogP contribution is -2.12. The predicted molar refractivity (Wildman–Crippen MR) is 99.1 cm³/mol. The summed E-state index contributed by atoms with van der Waals surface area (Å²) in [7, 11) is 1.53. The molecule has 0 aliphatic carbocycles. The van der Waals surface area contributed by atoms with E-state index in [-0.39, 0.29) is 18.0 Å². The first-order valence-electron chi connectivity index (χ1n) is 8.16. The van der Waals surface area contributed by atoms with Gasteiger partial charge in [0.25, 0.3) is 11.6 Å². The number of nitro groups is 1. The van der Waals surface area contributed by atoms with Crippen LogP contribution in [0, 0.1) is 17.0 Å². The average Bonchev–Trinajstić information content (AvgIpc) is 3.16. The van der Waals surface area contributed by atoms with Crippen molar-refractivity contribution < 1.29 is 19.2 Å². The Hall–Kier alpha value is -3.95. The highest BCUT2D eigenvalue weighted by Gasteiger charge is 2.17. The highest BCUT2D eigenvalue weighted by Crippen LogP contribution is 2.29. The van der Waals surface area contributed by atoms with Crippen molar-refractivity contribution in [1.82, 2.24) is 15.4 Å². The normalized spacial score (nSPS) is 10.5. The van der Waals surface area contributed by atoms with E-state index in [0.29, 0.717) is 33.9 Å². The lowest BCUT2D eigenvalue weighted by Gasteiger charge is -2.12. The van der Waals surface area contributed by atoms with E-state index in [0.717, 1.165) is 0 Å². The second-order valence-electron chi connectivity index (χ2n) is 5.91. The van der Waals surface area contributed by atoms with Crippen LogP contribution in [0.25, 0.3) is 11.3 Å². The van der Waals surface area contributed by atoms with Crippen LogP contribution in [0.2, 0.25) is 0 Å². The van der Waals surface area contributed by atoms with Crippen molar-refractivity contribution in [2.45, 2.75) is 13.5 Å². The fourth-order valence-corrected chi connectivity index (χ4v) is 2.73. The Balaban J connectivity index is 1.87. The first-order valence-corrected chi connectivity index (χ1v) is 8.16. The fourth-order valence-electron chi connectivity index (χ4n) is 2.73. The molecule has 10 nitrogen and oxygen atoms in total. The van der Waals surface area contributed by atoms with Crippen LogP contribution in [0.3, 0.4) is 0 Å². The molecule has 1 amide bonds. The maximum atomic E-state index is 11.5. The molecule has 1 heterocycles. The molecular weight excluding hydrogens is 366 g/mol. The molecular formula is C18H17N5O5. The Morgan fingerprint density at radius 2 is 2.04 bits per heavy atom. The number of H-pyrrole nitrogens is 1. The molecule has 144 valence electrons. The second kappa shape index (κ2) is 7.74. The number of aromatic amines is 1. The molecule has 0 bridgehead atoms. The number of nitrogens with two attached hydrogens (primary N) is 1. The molecule has 1 aromatic heterocycles. The van der Waals surface area contributed by atoms with E-state index < -0.39 is 10.8 Å². The number of nitrogens with zero attached hydrogens (tertiary/aromatic N) is 3. The number of nitro benzene ring substituents is 1. The number of carbonyl (C=O) groups is 1. The minimum absolute atomic E-state index is 0.0249. The quantitative estimate of drug-likeness (QED) is 0.470. The molecule has 0 radical (unpaired) electrons. The third-order valence-corrected chi connectivity index (χ3v) is 4.09. The predicted octanol–water partition coefficient (Wildman–Crippen LogP) is 2.37. The Morgan fingerprint density at radius 1 is 1.25 bits per heavy atom. The first kappa shape index (κ1) is 18.8.